The van der Waals surface area contributed by atoms with Crippen LogP contribution in [0.25, 0.3) is 0 Å². The smallest absolute Gasteiger partial charge is 0.307 e. The van der Waals surface area contributed by atoms with Gasteiger partial charge in [-0.2, -0.15) is 0 Å². The molecule has 1 aromatic rings. The Kier molecular flexibility index (Phi) is 4.45. The predicted molar refractivity (Wildman–Crippen MR) is 77.8 cm³/mol. The SMILES string of the molecule is Cc1ccc(Cl)c(NC(=O)[C@@H]2CC=CC[C@@H]2C(=O)O)c1. The number of nitrogens with one attached hydrogen (secondary N) is 1. The van der Waals surface area contributed by atoms with Crippen LogP contribution >= 0.6 is 11.6 Å². The number of rotatable bonds is 3. The molecule has 106 valence electrons. The van der Waals surface area contributed by atoms with E-state index in [1.54, 1.807) is 12.1 Å². The fourth-order valence-electron chi connectivity index (χ4n) is 2.34. The van der Waals surface area contributed by atoms with Crippen molar-refractivity contribution in [3.05, 3.63) is 40.9 Å². The first-order chi connectivity index (χ1) is 9.49. The van der Waals surface area contributed by atoms with Crippen LogP contribution in [0, 0.1) is 18.8 Å². The van der Waals surface area contributed by atoms with Crippen LogP contribution in [-0.2, 0) is 9.59 Å². The number of carboxylic acids is 1. The lowest BCUT2D eigenvalue weighted by molar-refractivity contribution is -0.146. The van der Waals surface area contributed by atoms with Gasteiger partial charge in [0.05, 0.1) is 22.5 Å². The second-order valence-corrected chi connectivity index (χ2v) is 5.37. The van der Waals surface area contributed by atoms with Gasteiger partial charge in [0.25, 0.3) is 0 Å². The van der Waals surface area contributed by atoms with Crippen LogP contribution in [-0.4, -0.2) is 17.0 Å². The van der Waals surface area contributed by atoms with Crippen LogP contribution in [0.1, 0.15) is 18.4 Å². The van der Waals surface area contributed by atoms with E-state index in [2.05, 4.69) is 5.32 Å². The molecule has 0 aromatic heterocycles. The standard InChI is InChI=1S/C15H16ClNO3/c1-9-6-7-12(16)13(8-9)17-14(18)10-4-2-3-5-11(10)15(19)20/h2-3,6-8,10-11H,4-5H2,1H3,(H,17,18)(H,19,20)/t10-,11+/m1/s1. The lowest BCUT2D eigenvalue weighted by Crippen LogP contribution is -2.34. The van der Waals surface area contributed by atoms with Crippen LogP contribution in [0.2, 0.25) is 5.02 Å². The highest BCUT2D eigenvalue weighted by atomic mass is 35.5. The molecule has 1 aliphatic rings. The molecule has 4 nitrogen and oxygen atoms in total. The normalized spacial score (nSPS) is 21.5. The van der Waals surface area contributed by atoms with Gasteiger partial charge in [-0.05, 0) is 37.5 Å². The molecule has 2 rings (SSSR count). The zero-order valence-electron chi connectivity index (χ0n) is 11.1. The Morgan fingerprint density at radius 3 is 2.55 bits per heavy atom. The van der Waals surface area contributed by atoms with Crippen molar-refractivity contribution in [2.75, 3.05) is 5.32 Å². The molecule has 0 saturated carbocycles. The van der Waals surface area contributed by atoms with Crippen molar-refractivity contribution in [1.29, 1.82) is 0 Å². The maximum atomic E-state index is 12.3. The molecule has 0 fully saturated rings. The number of amides is 1. The molecule has 2 N–H and O–H groups in total. The van der Waals surface area contributed by atoms with E-state index in [-0.39, 0.29) is 5.91 Å². The third-order valence-corrected chi connectivity index (χ3v) is 3.80. The van der Waals surface area contributed by atoms with Crippen LogP contribution in [0.4, 0.5) is 5.69 Å². The molecule has 0 saturated heterocycles. The molecular weight excluding hydrogens is 278 g/mol. The van der Waals surface area contributed by atoms with E-state index in [1.807, 2.05) is 25.1 Å². The van der Waals surface area contributed by atoms with Crippen molar-refractivity contribution in [2.24, 2.45) is 11.8 Å². The van der Waals surface area contributed by atoms with Gasteiger partial charge in [-0.15, -0.1) is 0 Å². The summed E-state index contributed by atoms with van der Waals surface area (Å²) in [6.07, 6.45) is 4.48. The monoisotopic (exact) mass is 293 g/mol. The fraction of sp³-hybridized carbons (Fsp3) is 0.333. The molecule has 0 heterocycles. The molecule has 0 radical (unpaired) electrons. The summed E-state index contributed by atoms with van der Waals surface area (Å²) in [5, 5.41) is 12.4. The second kappa shape index (κ2) is 6.09. The summed E-state index contributed by atoms with van der Waals surface area (Å²) in [4.78, 5) is 23.5. The number of halogens is 1. The van der Waals surface area contributed by atoms with Gasteiger partial charge in [0.2, 0.25) is 5.91 Å². The molecular formula is C15H16ClNO3. The first kappa shape index (κ1) is 14.6. The van der Waals surface area contributed by atoms with E-state index in [4.69, 9.17) is 11.6 Å². The highest BCUT2D eigenvalue weighted by molar-refractivity contribution is 6.33. The third kappa shape index (κ3) is 3.20. The zero-order chi connectivity index (χ0) is 14.7. The predicted octanol–water partition coefficient (Wildman–Crippen LogP) is 3.25. The Labute approximate surface area is 122 Å². The van der Waals surface area contributed by atoms with Gasteiger partial charge in [0, 0.05) is 0 Å². The molecule has 20 heavy (non-hydrogen) atoms. The minimum Gasteiger partial charge on any atom is -0.481 e. The summed E-state index contributed by atoms with van der Waals surface area (Å²) in [7, 11) is 0. The van der Waals surface area contributed by atoms with Gasteiger partial charge in [-0.3, -0.25) is 9.59 Å². The number of hydrogen-bond donors (Lipinski definition) is 2. The first-order valence-corrected chi connectivity index (χ1v) is 6.81. The topological polar surface area (TPSA) is 66.4 Å². The molecule has 0 bridgehead atoms. The minimum absolute atomic E-state index is 0.297. The van der Waals surface area contributed by atoms with Gasteiger partial charge >= 0.3 is 5.97 Å². The van der Waals surface area contributed by atoms with E-state index in [0.717, 1.165) is 5.56 Å². The molecule has 1 amide bonds. The number of carboxylic acid groups (broad SMARTS) is 1. The van der Waals surface area contributed by atoms with Crippen molar-refractivity contribution < 1.29 is 14.7 Å². The van der Waals surface area contributed by atoms with Crippen LogP contribution in [0.15, 0.2) is 30.4 Å². The average Bonchev–Trinajstić information content (AvgIpc) is 2.42. The van der Waals surface area contributed by atoms with E-state index >= 15 is 0 Å². The van der Waals surface area contributed by atoms with Crippen molar-refractivity contribution in [1.82, 2.24) is 0 Å². The quantitative estimate of drug-likeness (QED) is 0.841. The molecule has 5 heteroatoms. The molecule has 0 unspecified atom stereocenters. The number of carbonyl (C=O) groups is 2. The van der Waals surface area contributed by atoms with E-state index < -0.39 is 17.8 Å². The Morgan fingerprint density at radius 1 is 1.25 bits per heavy atom. The van der Waals surface area contributed by atoms with Crippen molar-refractivity contribution in [3.8, 4) is 0 Å². The lowest BCUT2D eigenvalue weighted by atomic mass is 9.82. The van der Waals surface area contributed by atoms with Gasteiger partial charge in [0.1, 0.15) is 0 Å². The van der Waals surface area contributed by atoms with Crippen molar-refractivity contribution >= 4 is 29.2 Å². The van der Waals surface area contributed by atoms with Gasteiger partial charge in [-0.1, -0.05) is 29.8 Å². The number of benzene rings is 1. The maximum absolute atomic E-state index is 12.3. The Balaban J connectivity index is 2.16. The maximum Gasteiger partial charge on any atom is 0.307 e. The van der Waals surface area contributed by atoms with Crippen molar-refractivity contribution in [3.63, 3.8) is 0 Å². The lowest BCUT2D eigenvalue weighted by Gasteiger charge is -2.24. The van der Waals surface area contributed by atoms with Gasteiger partial charge in [0.15, 0.2) is 0 Å². The molecule has 2 atom stereocenters. The van der Waals surface area contributed by atoms with Crippen LogP contribution in [0.3, 0.4) is 0 Å². The summed E-state index contributed by atoms with van der Waals surface area (Å²) in [5.41, 5.74) is 1.50. The van der Waals surface area contributed by atoms with Crippen molar-refractivity contribution in [2.45, 2.75) is 19.8 Å². The highest BCUT2D eigenvalue weighted by Crippen LogP contribution is 2.29. The largest absolute Gasteiger partial charge is 0.481 e. The molecule has 1 aromatic carbocycles. The van der Waals surface area contributed by atoms with E-state index in [1.165, 1.54) is 0 Å². The first-order valence-electron chi connectivity index (χ1n) is 6.44. The molecule has 0 spiro atoms. The number of carbonyl (C=O) groups excluding carboxylic acids is 1. The fourth-order valence-corrected chi connectivity index (χ4v) is 2.50. The number of aliphatic carboxylic acids is 1. The second-order valence-electron chi connectivity index (χ2n) is 4.97. The highest BCUT2D eigenvalue weighted by Gasteiger charge is 2.34. The summed E-state index contributed by atoms with van der Waals surface area (Å²) >= 11 is 6.03. The van der Waals surface area contributed by atoms with Gasteiger partial charge < -0.3 is 10.4 Å². The molecule has 0 aliphatic heterocycles. The Morgan fingerprint density at radius 2 is 1.90 bits per heavy atom. The summed E-state index contributed by atoms with van der Waals surface area (Å²) in [6.45, 7) is 1.90. The molecule has 1 aliphatic carbocycles. The Hall–Kier alpha value is -1.81. The van der Waals surface area contributed by atoms with E-state index in [0.29, 0.717) is 23.6 Å². The summed E-state index contributed by atoms with van der Waals surface area (Å²) in [5.74, 6) is -2.48. The summed E-state index contributed by atoms with van der Waals surface area (Å²) in [6, 6.07) is 5.33. The third-order valence-electron chi connectivity index (χ3n) is 3.47. The number of aryl methyl sites for hydroxylation is 1. The number of anilines is 1. The van der Waals surface area contributed by atoms with Crippen LogP contribution < -0.4 is 5.32 Å². The van der Waals surface area contributed by atoms with Crippen LogP contribution in [0.5, 0.6) is 0 Å². The van der Waals surface area contributed by atoms with Gasteiger partial charge in [-0.25, -0.2) is 0 Å². The van der Waals surface area contributed by atoms with E-state index in [9.17, 15) is 14.7 Å². The minimum atomic E-state index is -0.940. The Bertz CT molecular complexity index is 568. The average molecular weight is 294 g/mol. The number of allylic oxidation sites excluding steroid dienone is 2. The summed E-state index contributed by atoms with van der Waals surface area (Å²) < 4.78 is 0. The zero-order valence-corrected chi connectivity index (χ0v) is 11.9. The number of hydrogen-bond acceptors (Lipinski definition) is 2.